The van der Waals surface area contributed by atoms with Crippen LogP contribution in [0.3, 0.4) is 0 Å². The highest BCUT2D eigenvalue weighted by Gasteiger charge is 2.37. The molecule has 146 heavy (non-hydrogen) atoms. The maximum atomic E-state index is 14.2. The molecule has 20 aromatic rings. The number of amides is 2. The van der Waals surface area contributed by atoms with Crippen LogP contribution in [0.5, 0.6) is 0 Å². The second kappa shape index (κ2) is 39.5. The molecule has 42 heteroatoms. The summed E-state index contributed by atoms with van der Waals surface area (Å²) in [5, 5.41) is 41.3. The van der Waals surface area contributed by atoms with E-state index in [0.29, 0.717) is 153 Å². The third-order valence-electron chi connectivity index (χ3n) is 27.0. The molecule has 5 atom stereocenters. The van der Waals surface area contributed by atoms with Crippen LogP contribution in [0.25, 0.3) is 109 Å². The van der Waals surface area contributed by atoms with Crippen molar-refractivity contribution in [2.75, 3.05) is 33.6 Å². The molecule has 2 amide bonds. The fourth-order valence-electron chi connectivity index (χ4n) is 19.3. The monoisotopic (exact) mass is 2070 g/mol. The molecule has 5 aliphatic rings. The quantitative estimate of drug-likeness (QED) is 0.0300. The van der Waals surface area contributed by atoms with E-state index in [1.54, 1.807) is 56.0 Å². The number of rotatable bonds is 22. The van der Waals surface area contributed by atoms with Gasteiger partial charge >= 0.3 is 0 Å². The number of primary amides is 1. The molecule has 0 saturated heterocycles. The molecular weight excluding hydrogens is 1990 g/mol. The minimum atomic E-state index is -0.568. The number of fused-ring (bicyclic) bond motifs is 10. The van der Waals surface area contributed by atoms with Crippen LogP contribution in [0.15, 0.2) is 208 Å². The summed E-state index contributed by atoms with van der Waals surface area (Å²) in [4.78, 5) is 148. The zero-order chi connectivity index (χ0) is 102. The molecule has 13 N–H and O–H groups in total. The summed E-state index contributed by atoms with van der Waals surface area (Å²) in [6, 6.07) is 39.3. The lowest BCUT2D eigenvalue weighted by molar-refractivity contribution is 0.0963. The number of halogens is 7. The van der Waals surface area contributed by atoms with Gasteiger partial charge < -0.3 is 85.4 Å². The first-order valence-corrected chi connectivity index (χ1v) is 49.7. The molecule has 0 unspecified atom stereocenters. The van der Waals surface area contributed by atoms with Crippen LogP contribution >= 0.6 is 69.6 Å². The molecule has 5 aliphatic carbocycles. The van der Waals surface area contributed by atoms with Gasteiger partial charge in [0.1, 0.15) is 95.0 Å². The summed E-state index contributed by atoms with van der Waals surface area (Å²) in [6.45, 7) is 9.86. The molecule has 35 nitrogen and oxygen atoms in total. The third kappa shape index (κ3) is 18.4. The van der Waals surface area contributed by atoms with Gasteiger partial charge in [0.15, 0.2) is 5.82 Å². The lowest BCUT2D eigenvalue weighted by Crippen LogP contribution is -2.26. The van der Waals surface area contributed by atoms with E-state index in [4.69, 9.17) is 75.3 Å². The number of H-pyrrole nitrogens is 5. The van der Waals surface area contributed by atoms with Crippen molar-refractivity contribution in [3.05, 3.63) is 317 Å². The number of aromatic nitrogens is 20. The van der Waals surface area contributed by atoms with E-state index in [9.17, 15) is 43.2 Å². The van der Waals surface area contributed by atoms with Crippen LogP contribution < -0.4 is 65.4 Å². The SMILES string of the molecule is CNC(=O)c1c[nH]c2ncnc(N[C@@H](C)c3cc4cccc(Cl)c4c(=O)n3C3CC3)c12.C[C@H](Nc1ncnc2[nH]cc(C#N)c12)c1cc2cccc(Cl)c2c(=O)n1C1CC1.C[C@H](Nc1ncnc2[nH]cc(C(N)=O)c12)c1cc2cccc(Cl)c2c(=O)n1C1CC1.C[C@H](Nc1ncnc2[nH]cc(Cl)c12)c1cc2cccc(Cl)c2c(=O)n1C1CC1.C[C@H](Nc1ncnc2[nH]cc(F)c12)c1cc2cccc(Cl)c2c(=O)n1C1CC1. The normalized spacial score (nSPS) is 15.0. The van der Waals surface area contributed by atoms with Crippen molar-refractivity contribution in [1.82, 2.24) is 103 Å². The predicted molar refractivity (Wildman–Crippen MR) is 569 cm³/mol. The lowest BCUT2D eigenvalue weighted by Gasteiger charge is -2.21. The van der Waals surface area contributed by atoms with Crippen molar-refractivity contribution in [1.29, 1.82) is 5.26 Å². The number of nitrogens with two attached hydrogens (primary N) is 1. The van der Waals surface area contributed by atoms with Crippen molar-refractivity contribution >= 4 is 220 Å². The highest BCUT2D eigenvalue weighted by atomic mass is 35.5. The average Bonchev–Trinajstić information content (AvgIpc) is 1.75. The smallest absolute Gasteiger partial charge is 0.260 e. The number of hydrogen-bond acceptors (Lipinski definition) is 23. The van der Waals surface area contributed by atoms with E-state index in [0.717, 1.165) is 125 Å². The second-order valence-corrected chi connectivity index (χ2v) is 39.3. The van der Waals surface area contributed by atoms with Crippen molar-refractivity contribution in [3.63, 3.8) is 0 Å². The van der Waals surface area contributed by atoms with Crippen LogP contribution in [0.4, 0.5) is 33.5 Å². The van der Waals surface area contributed by atoms with Gasteiger partial charge in [-0.3, -0.25) is 33.6 Å². The number of nitriles is 1. The van der Waals surface area contributed by atoms with Gasteiger partial charge in [-0.05, 0) is 186 Å². The highest BCUT2D eigenvalue weighted by Crippen LogP contribution is 2.46. The van der Waals surface area contributed by atoms with Gasteiger partial charge in [0.05, 0.1) is 131 Å². The van der Waals surface area contributed by atoms with Gasteiger partial charge in [-0.25, -0.2) is 54.2 Å². The van der Waals surface area contributed by atoms with Crippen molar-refractivity contribution < 1.29 is 14.0 Å². The van der Waals surface area contributed by atoms with Crippen LogP contribution in [0.2, 0.25) is 30.1 Å². The first-order valence-electron chi connectivity index (χ1n) is 47.5. The Morgan fingerprint density at radius 2 is 0.603 bits per heavy atom. The fraction of sp³-hybridized carbons (Fsp3) is 0.250. The summed E-state index contributed by atoms with van der Waals surface area (Å²) >= 11 is 37.9. The van der Waals surface area contributed by atoms with E-state index in [-0.39, 0.29) is 94.1 Å². The highest BCUT2D eigenvalue weighted by molar-refractivity contribution is 6.38. The van der Waals surface area contributed by atoms with E-state index in [1.165, 1.54) is 44.0 Å². The van der Waals surface area contributed by atoms with Gasteiger partial charge in [0.2, 0.25) is 0 Å². The number of carbonyl (C=O) groups is 2. The number of carbonyl (C=O) groups excluding carboxylic acids is 2. The zero-order valence-electron chi connectivity index (χ0n) is 78.9. The first kappa shape index (κ1) is 96.5. The van der Waals surface area contributed by atoms with Gasteiger partial charge in [-0.2, -0.15) is 5.26 Å². The van der Waals surface area contributed by atoms with E-state index in [2.05, 4.69) is 113 Å². The summed E-state index contributed by atoms with van der Waals surface area (Å²) in [5.41, 5.74) is 13.4. The maximum absolute atomic E-state index is 14.2. The van der Waals surface area contributed by atoms with Crippen molar-refractivity contribution in [3.8, 4) is 6.07 Å². The maximum Gasteiger partial charge on any atom is 0.260 e. The minimum absolute atomic E-state index is 0.0400. The molecule has 738 valence electrons. The number of aromatic amines is 5. The minimum Gasteiger partial charge on any atom is -0.366 e. The Bertz CT molecular complexity index is 8880. The Hall–Kier alpha value is -15.7. The van der Waals surface area contributed by atoms with Gasteiger partial charge in [-0.15, -0.1) is 0 Å². The van der Waals surface area contributed by atoms with E-state index < -0.39 is 11.7 Å². The van der Waals surface area contributed by atoms with E-state index >= 15 is 0 Å². The van der Waals surface area contributed by atoms with Gasteiger partial charge in [0, 0.05) is 96.7 Å². The number of hydrogen-bond donors (Lipinski definition) is 12. The van der Waals surface area contributed by atoms with Crippen LogP contribution in [-0.2, 0) is 0 Å². The lowest BCUT2D eigenvalue weighted by atomic mass is 10.1. The molecule has 0 spiro atoms. The van der Waals surface area contributed by atoms with Crippen LogP contribution in [-0.4, -0.2) is 116 Å². The van der Waals surface area contributed by atoms with Crippen molar-refractivity contribution in [2.24, 2.45) is 5.73 Å². The molecule has 15 aromatic heterocycles. The number of pyridine rings is 5. The number of anilines is 5. The third-order valence-corrected chi connectivity index (χ3v) is 28.8. The van der Waals surface area contributed by atoms with Crippen LogP contribution in [0, 0.1) is 17.1 Å². The Balaban J connectivity index is 0.000000107. The molecule has 0 aliphatic heterocycles. The number of nitrogens with one attached hydrogen (secondary N) is 11. The topological polar surface area (TPSA) is 474 Å². The summed E-state index contributed by atoms with van der Waals surface area (Å²) in [6.07, 6.45) is 24.6. The van der Waals surface area contributed by atoms with Gasteiger partial charge in [-0.1, -0.05) is 130 Å². The summed E-state index contributed by atoms with van der Waals surface area (Å²) in [5.74, 6) is 1.36. The van der Waals surface area contributed by atoms with Crippen LogP contribution in [0.1, 0.15) is 214 Å². The standard InChI is InChI=1S/C22H21ClN6O2.C21H19ClN6O2.C21H17ClN6O.C20H17Cl2N5O.C20H17ClFN5O/c1-11(28-20-18-14(21(30)24-2)9-25-19(18)26-10-27-20)16-8-12-4-3-5-15(23)17(12)22(31)29(16)13-6-7-13;1-10(27-20-17-13(18(23)29)8-24-19(17)25-9-26-20)15-7-11-3-2-4-14(22)16(11)21(30)28(15)12-5-6-12;1-11(27-20-18-13(8-23)9-24-19(18)25-10-26-20)16-7-12-3-2-4-15(22)17(12)21(29)28(16)14-5-6-14;2*1-10(26-19-17-14(22)8-23-18(17)24-9-25-19)15-7-11-3-2-4-13(21)16(11)20(28)27(15)12-5-6-12/h3-5,8-11,13H,6-7H2,1-2H3,(H,24,30)(H2,25,26,27,28);2-4,7-10,12H,5-6H2,1H3,(H2,23,29)(H2,24,25,26,27);2-4,7,9-11,14H,5-6H2,1H3,(H2,24,25,26,27);2*2-4,7-10,12H,5-6H2,1H3,(H2,23,24,25,26)/t11-;10-;11-;2*10-/m00000/s1. The molecular formula is C104H91Cl6FN28O7. The Labute approximate surface area is 857 Å². The molecule has 5 saturated carbocycles. The second-order valence-electron chi connectivity index (χ2n) is 36.9. The first-order chi connectivity index (χ1) is 70.6. The average molecular weight is 2080 g/mol. The molecule has 5 aromatic carbocycles. The van der Waals surface area contributed by atoms with Gasteiger partial charge in [0.25, 0.3) is 39.6 Å². The molecule has 25 rings (SSSR count). The molecule has 0 radical (unpaired) electrons. The number of nitrogens with zero attached hydrogens (tertiary/aromatic N) is 16. The summed E-state index contributed by atoms with van der Waals surface area (Å²) < 4.78 is 23.4. The Kier molecular flexibility index (Phi) is 26.1. The Morgan fingerprint density at radius 1 is 0.349 bits per heavy atom. The molecule has 15 heterocycles. The number of benzene rings is 5. The molecule has 0 bridgehead atoms. The molecule has 5 fully saturated rings. The van der Waals surface area contributed by atoms with E-state index in [1.807, 2.05) is 148 Å². The predicted octanol–water partition coefficient (Wildman–Crippen LogP) is 21.3. The zero-order valence-corrected chi connectivity index (χ0v) is 83.4. The fourth-order valence-corrected chi connectivity index (χ4v) is 20.8. The largest absolute Gasteiger partial charge is 0.366 e. The Morgan fingerprint density at radius 3 is 0.904 bits per heavy atom. The van der Waals surface area contributed by atoms with Crippen molar-refractivity contribution in [2.45, 2.75) is 159 Å². The summed E-state index contributed by atoms with van der Waals surface area (Å²) in [7, 11) is 1.58.